The molecule has 4 rings (SSSR count). The Kier molecular flexibility index (Phi) is 14.8. The summed E-state index contributed by atoms with van der Waals surface area (Å²) in [5.74, 6) is 0.470. The van der Waals surface area contributed by atoms with Gasteiger partial charge in [-0.2, -0.15) is 0 Å². The standard InChI is InChI=1S/C16H20N2O.C14H14O4.C10H16N2/c1-17(2)13-5-9-15(10-6-13)19-16-11-7-14(8-12-16)18(3)4;1-7(15)11-5-13(9(3)17)14(10(4)18)6-12(11)8(2)16;1-11(2)9-5-7-10(8-6-9)12(3)4/h5-12H,1-4H3;5-6H,1-4H3;5-8H,1-4H3. The number of hydrogen-bond acceptors (Lipinski definition) is 9. The first-order valence-corrected chi connectivity index (χ1v) is 15.8. The van der Waals surface area contributed by atoms with E-state index in [0.717, 1.165) is 22.9 Å². The third-order valence-electron chi connectivity index (χ3n) is 7.50. The van der Waals surface area contributed by atoms with E-state index in [9.17, 15) is 19.2 Å². The van der Waals surface area contributed by atoms with Crippen LogP contribution < -0.4 is 24.3 Å². The van der Waals surface area contributed by atoms with E-state index < -0.39 is 0 Å². The summed E-state index contributed by atoms with van der Waals surface area (Å²) < 4.78 is 5.81. The molecule has 4 aromatic rings. The average molecular weight is 667 g/mol. The zero-order valence-corrected chi connectivity index (χ0v) is 30.9. The van der Waals surface area contributed by atoms with Gasteiger partial charge in [0.1, 0.15) is 11.5 Å². The van der Waals surface area contributed by atoms with Crippen molar-refractivity contribution in [2.45, 2.75) is 27.7 Å². The molecule has 0 amide bonds. The molecule has 0 atom stereocenters. The summed E-state index contributed by atoms with van der Waals surface area (Å²) in [7, 11) is 16.3. The van der Waals surface area contributed by atoms with Crippen LogP contribution in [-0.4, -0.2) is 79.5 Å². The third kappa shape index (κ3) is 11.9. The van der Waals surface area contributed by atoms with Crippen LogP contribution in [0.5, 0.6) is 11.5 Å². The molecule has 0 heterocycles. The Hall–Kier alpha value is -5.44. The van der Waals surface area contributed by atoms with Gasteiger partial charge in [-0.05, 0) is 113 Å². The smallest absolute Gasteiger partial charge is 0.160 e. The molecular formula is C40H50N4O5. The first-order chi connectivity index (χ1) is 22.9. The summed E-state index contributed by atoms with van der Waals surface area (Å²) >= 11 is 0. The maximum atomic E-state index is 11.5. The molecule has 0 aromatic heterocycles. The second kappa shape index (κ2) is 18.2. The molecule has 0 radical (unpaired) electrons. The van der Waals surface area contributed by atoms with Crippen molar-refractivity contribution in [2.75, 3.05) is 76.0 Å². The summed E-state index contributed by atoms with van der Waals surface area (Å²) in [4.78, 5) is 54.2. The van der Waals surface area contributed by atoms with Crippen LogP contribution in [0.4, 0.5) is 22.7 Å². The number of nitrogens with zero attached hydrogens (tertiary/aromatic N) is 4. The topological polar surface area (TPSA) is 90.5 Å². The van der Waals surface area contributed by atoms with Crippen LogP contribution in [0.15, 0.2) is 84.9 Å². The van der Waals surface area contributed by atoms with Gasteiger partial charge in [-0.1, -0.05) is 0 Å². The van der Waals surface area contributed by atoms with Crippen molar-refractivity contribution in [1.29, 1.82) is 0 Å². The van der Waals surface area contributed by atoms with Crippen LogP contribution in [0.1, 0.15) is 69.1 Å². The van der Waals surface area contributed by atoms with E-state index in [0.29, 0.717) is 0 Å². The number of rotatable bonds is 10. The summed E-state index contributed by atoms with van der Waals surface area (Å²) in [6, 6.07) is 27.3. The molecule has 260 valence electrons. The normalized spacial score (nSPS) is 9.96. The number of Topliss-reactive ketones (excluding diaryl/α,β-unsaturated/α-hetero) is 4. The van der Waals surface area contributed by atoms with Gasteiger partial charge in [0.2, 0.25) is 0 Å². The van der Waals surface area contributed by atoms with E-state index in [1.54, 1.807) is 0 Å². The first-order valence-electron chi connectivity index (χ1n) is 15.8. The van der Waals surface area contributed by atoms with Crippen LogP contribution in [0.2, 0.25) is 0 Å². The van der Waals surface area contributed by atoms with Gasteiger partial charge in [0.05, 0.1) is 0 Å². The Morgan fingerprint density at radius 1 is 0.367 bits per heavy atom. The molecule has 9 heteroatoms. The van der Waals surface area contributed by atoms with Crippen molar-refractivity contribution in [3.8, 4) is 11.5 Å². The quantitative estimate of drug-likeness (QED) is 0.157. The molecule has 0 unspecified atom stereocenters. The first kappa shape index (κ1) is 39.7. The number of carbonyl (C=O) groups is 4. The van der Waals surface area contributed by atoms with E-state index >= 15 is 0 Å². The van der Waals surface area contributed by atoms with Gasteiger partial charge in [-0.25, -0.2) is 0 Å². The van der Waals surface area contributed by atoms with Gasteiger partial charge in [0.25, 0.3) is 0 Å². The molecule has 9 nitrogen and oxygen atoms in total. The zero-order valence-electron chi connectivity index (χ0n) is 30.9. The molecule has 0 N–H and O–H groups in total. The van der Waals surface area contributed by atoms with Crippen molar-refractivity contribution in [2.24, 2.45) is 0 Å². The van der Waals surface area contributed by atoms with Gasteiger partial charge >= 0.3 is 0 Å². The Labute approximate surface area is 291 Å². The molecule has 0 bridgehead atoms. The van der Waals surface area contributed by atoms with Crippen LogP contribution in [-0.2, 0) is 0 Å². The molecule has 0 aliphatic carbocycles. The fraction of sp³-hybridized carbons (Fsp3) is 0.300. The van der Waals surface area contributed by atoms with Crippen molar-refractivity contribution in [1.82, 2.24) is 0 Å². The molecule has 0 fully saturated rings. The predicted octanol–water partition coefficient (Wildman–Crippen LogP) is 7.93. The number of benzene rings is 4. The van der Waals surface area contributed by atoms with E-state index in [4.69, 9.17) is 4.74 Å². The minimum absolute atomic E-state index is 0.178. The maximum absolute atomic E-state index is 11.5. The monoisotopic (exact) mass is 666 g/mol. The minimum atomic E-state index is -0.308. The van der Waals surface area contributed by atoms with E-state index in [1.165, 1.54) is 51.2 Å². The lowest BCUT2D eigenvalue weighted by Crippen LogP contribution is -2.12. The highest BCUT2D eigenvalue weighted by Crippen LogP contribution is 2.26. The van der Waals surface area contributed by atoms with Gasteiger partial charge in [0, 0.05) is 101 Å². The number of anilines is 4. The SMILES string of the molecule is CC(=O)c1cc(C(C)=O)c(C(C)=O)cc1C(C)=O.CN(C)c1ccc(N(C)C)cc1.CN(C)c1ccc(Oc2ccc(N(C)C)cc2)cc1. The van der Waals surface area contributed by atoms with Crippen molar-refractivity contribution < 1.29 is 23.9 Å². The fourth-order valence-electron chi connectivity index (χ4n) is 4.57. The van der Waals surface area contributed by atoms with Crippen LogP contribution in [0, 0.1) is 0 Å². The molecule has 0 aliphatic heterocycles. The summed E-state index contributed by atoms with van der Waals surface area (Å²) in [5, 5.41) is 0. The molecule has 4 aromatic carbocycles. The Balaban J connectivity index is 0.000000262. The van der Waals surface area contributed by atoms with Crippen molar-refractivity contribution in [3.05, 3.63) is 107 Å². The van der Waals surface area contributed by atoms with E-state index in [-0.39, 0.29) is 45.4 Å². The summed E-state index contributed by atoms with van der Waals surface area (Å²) in [5.41, 5.74) is 5.51. The molecule has 0 saturated heterocycles. The molecular weight excluding hydrogens is 616 g/mol. The number of ketones is 4. The van der Waals surface area contributed by atoms with Gasteiger partial charge in [-0.15, -0.1) is 0 Å². The van der Waals surface area contributed by atoms with Crippen molar-refractivity contribution >= 4 is 45.9 Å². The lowest BCUT2D eigenvalue weighted by Gasteiger charge is -2.16. The van der Waals surface area contributed by atoms with Crippen LogP contribution in [0.3, 0.4) is 0 Å². The van der Waals surface area contributed by atoms with Gasteiger partial charge in [0.15, 0.2) is 23.1 Å². The Bertz CT molecular complexity index is 1550. The molecule has 49 heavy (non-hydrogen) atoms. The molecule has 0 spiro atoms. The summed E-state index contributed by atoms with van der Waals surface area (Å²) in [6.07, 6.45) is 0. The second-order valence-electron chi connectivity index (χ2n) is 12.4. The highest BCUT2D eigenvalue weighted by molar-refractivity contribution is 6.14. The Morgan fingerprint density at radius 2 is 0.551 bits per heavy atom. The predicted molar refractivity (Wildman–Crippen MR) is 203 cm³/mol. The lowest BCUT2D eigenvalue weighted by molar-refractivity contribution is 0.0970. The van der Waals surface area contributed by atoms with Gasteiger partial charge < -0.3 is 24.3 Å². The maximum Gasteiger partial charge on any atom is 0.160 e. The second-order valence-corrected chi connectivity index (χ2v) is 12.4. The Morgan fingerprint density at radius 3 is 0.714 bits per heavy atom. The number of hydrogen-bond donors (Lipinski definition) is 0. The largest absolute Gasteiger partial charge is 0.457 e. The highest BCUT2D eigenvalue weighted by Gasteiger charge is 2.19. The zero-order chi connectivity index (χ0) is 37.0. The molecule has 0 aliphatic rings. The third-order valence-corrected chi connectivity index (χ3v) is 7.50. The van der Waals surface area contributed by atoms with E-state index in [1.807, 2.05) is 105 Å². The number of carbonyl (C=O) groups excluding carboxylic acids is 4. The van der Waals surface area contributed by atoms with Crippen LogP contribution in [0.25, 0.3) is 0 Å². The van der Waals surface area contributed by atoms with Crippen LogP contribution >= 0.6 is 0 Å². The van der Waals surface area contributed by atoms with Crippen molar-refractivity contribution in [3.63, 3.8) is 0 Å². The van der Waals surface area contributed by atoms with E-state index in [2.05, 4.69) is 43.9 Å². The number of ether oxygens (including phenoxy) is 1. The lowest BCUT2D eigenvalue weighted by atomic mass is 9.91. The highest BCUT2D eigenvalue weighted by atomic mass is 16.5. The minimum Gasteiger partial charge on any atom is -0.457 e. The fourth-order valence-corrected chi connectivity index (χ4v) is 4.57. The summed E-state index contributed by atoms with van der Waals surface area (Å²) in [6.45, 7) is 5.27. The average Bonchev–Trinajstić information content (AvgIpc) is 3.05. The molecule has 0 saturated carbocycles. The van der Waals surface area contributed by atoms with Gasteiger partial charge in [-0.3, -0.25) is 19.2 Å².